The monoisotopic (exact) mass is 582 g/mol. The largest absolute Gasteiger partial charge is 0.481 e. The molecule has 1 aliphatic carbocycles. The summed E-state index contributed by atoms with van der Waals surface area (Å²) in [4.78, 5) is 33.7. The zero-order chi connectivity index (χ0) is 28.8. The molecule has 1 unspecified atom stereocenters. The molecule has 3 aliphatic rings. The second kappa shape index (κ2) is 12.9. The van der Waals surface area contributed by atoms with Gasteiger partial charge in [-0.2, -0.15) is 4.72 Å². The number of carboxylic acids is 1. The third kappa shape index (κ3) is 7.76. The Balaban J connectivity index is 1.27. The number of sulfonamides is 1. The zero-order valence-corrected chi connectivity index (χ0v) is 23.9. The Hall–Kier alpha value is -3.64. The number of anilines is 1. The normalized spacial score (nSPS) is 18.6. The van der Waals surface area contributed by atoms with Crippen LogP contribution in [0, 0.1) is 5.92 Å². The SMILES string of the molecule is O=C(O)CC(NS(=O)(=O)c1ccccc1)N(CC1CC1)C(=O)c1ccc(N2CCC(NC3=NCCCN3)CC2)cc1. The first kappa shape index (κ1) is 28.9. The molecule has 1 atom stereocenters. The van der Waals surface area contributed by atoms with E-state index in [0.717, 1.165) is 69.9 Å². The lowest BCUT2D eigenvalue weighted by Crippen LogP contribution is -2.52. The van der Waals surface area contributed by atoms with Crippen LogP contribution in [0.3, 0.4) is 0 Å². The number of carbonyl (C=O) groups is 2. The maximum atomic E-state index is 13.7. The summed E-state index contributed by atoms with van der Waals surface area (Å²) in [5.41, 5.74) is 1.40. The fraction of sp³-hybridized carbons (Fsp3) is 0.483. The third-order valence-corrected chi connectivity index (χ3v) is 9.19. The van der Waals surface area contributed by atoms with Gasteiger partial charge >= 0.3 is 5.97 Å². The van der Waals surface area contributed by atoms with E-state index in [1.54, 1.807) is 30.3 Å². The number of rotatable bonds is 11. The number of amides is 1. The van der Waals surface area contributed by atoms with Gasteiger partial charge in [0.05, 0.1) is 11.3 Å². The smallest absolute Gasteiger partial charge is 0.306 e. The molecule has 4 N–H and O–H groups in total. The van der Waals surface area contributed by atoms with Crippen LogP contribution in [-0.2, 0) is 14.8 Å². The molecule has 0 aromatic heterocycles. The predicted molar refractivity (Wildman–Crippen MR) is 156 cm³/mol. The van der Waals surface area contributed by atoms with Crippen molar-refractivity contribution in [2.24, 2.45) is 10.9 Å². The van der Waals surface area contributed by atoms with Crippen molar-refractivity contribution < 1.29 is 23.1 Å². The summed E-state index contributed by atoms with van der Waals surface area (Å²) in [7, 11) is -4.05. The summed E-state index contributed by atoms with van der Waals surface area (Å²) >= 11 is 0. The Labute approximate surface area is 241 Å². The van der Waals surface area contributed by atoms with Crippen LogP contribution < -0.4 is 20.3 Å². The molecular weight excluding hydrogens is 544 g/mol. The van der Waals surface area contributed by atoms with Crippen molar-refractivity contribution in [3.63, 3.8) is 0 Å². The van der Waals surface area contributed by atoms with Gasteiger partial charge < -0.3 is 25.5 Å². The highest BCUT2D eigenvalue weighted by Gasteiger charge is 2.35. The van der Waals surface area contributed by atoms with E-state index in [1.165, 1.54) is 17.0 Å². The van der Waals surface area contributed by atoms with Crippen LogP contribution in [0.5, 0.6) is 0 Å². The summed E-state index contributed by atoms with van der Waals surface area (Å²) in [6.07, 6.45) is 3.06. The highest BCUT2D eigenvalue weighted by molar-refractivity contribution is 7.89. The van der Waals surface area contributed by atoms with E-state index in [2.05, 4.69) is 25.2 Å². The third-order valence-electron chi connectivity index (χ3n) is 7.71. The lowest BCUT2D eigenvalue weighted by molar-refractivity contribution is -0.138. The fourth-order valence-electron chi connectivity index (χ4n) is 5.24. The zero-order valence-electron chi connectivity index (χ0n) is 23.0. The molecule has 2 fully saturated rings. The van der Waals surface area contributed by atoms with Crippen molar-refractivity contribution in [2.75, 3.05) is 37.6 Å². The van der Waals surface area contributed by atoms with Gasteiger partial charge in [-0.3, -0.25) is 14.6 Å². The number of hydrogen-bond donors (Lipinski definition) is 4. The van der Waals surface area contributed by atoms with Crippen molar-refractivity contribution in [3.05, 3.63) is 60.2 Å². The average Bonchev–Trinajstić information content (AvgIpc) is 3.81. The molecule has 2 aromatic carbocycles. The van der Waals surface area contributed by atoms with Crippen LogP contribution in [0.15, 0.2) is 64.5 Å². The van der Waals surface area contributed by atoms with E-state index in [1.807, 2.05) is 12.1 Å². The Kier molecular flexibility index (Phi) is 9.09. The molecular formula is C29H38N6O5S. The number of hydrogen-bond acceptors (Lipinski definition) is 8. The molecule has 1 saturated carbocycles. The number of nitrogens with zero attached hydrogens (tertiary/aromatic N) is 3. The van der Waals surface area contributed by atoms with Crippen molar-refractivity contribution in [3.8, 4) is 0 Å². The van der Waals surface area contributed by atoms with Gasteiger partial charge in [-0.1, -0.05) is 18.2 Å². The topological polar surface area (TPSA) is 143 Å². The quantitative estimate of drug-likeness (QED) is 0.296. The van der Waals surface area contributed by atoms with E-state index in [4.69, 9.17) is 0 Å². The highest BCUT2D eigenvalue weighted by Crippen LogP contribution is 2.31. The number of piperidine rings is 1. The first-order valence-electron chi connectivity index (χ1n) is 14.3. The second-order valence-corrected chi connectivity index (χ2v) is 12.6. The van der Waals surface area contributed by atoms with Crippen molar-refractivity contribution >= 4 is 33.5 Å². The summed E-state index contributed by atoms with van der Waals surface area (Å²) in [5.74, 6) is -0.478. The minimum atomic E-state index is -4.05. The highest BCUT2D eigenvalue weighted by atomic mass is 32.2. The number of benzene rings is 2. The maximum Gasteiger partial charge on any atom is 0.306 e. The van der Waals surface area contributed by atoms with Crippen LogP contribution in [0.1, 0.15) is 48.9 Å². The van der Waals surface area contributed by atoms with Crippen molar-refractivity contribution in [1.82, 2.24) is 20.3 Å². The summed E-state index contributed by atoms with van der Waals surface area (Å²) in [6, 6.07) is 15.4. The maximum absolute atomic E-state index is 13.7. The molecule has 220 valence electrons. The summed E-state index contributed by atoms with van der Waals surface area (Å²) in [5, 5.41) is 16.4. The van der Waals surface area contributed by atoms with E-state index in [0.29, 0.717) is 11.6 Å². The molecule has 1 saturated heterocycles. The van der Waals surface area contributed by atoms with Crippen LogP contribution in [0.2, 0.25) is 0 Å². The first-order valence-corrected chi connectivity index (χ1v) is 15.8. The molecule has 12 heteroatoms. The Morgan fingerprint density at radius 2 is 1.76 bits per heavy atom. The van der Waals surface area contributed by atoms with Gasteiger partial charge in [-0.05, 0) is 74.4 Å². The van der Waals surface area contributed by atoms with Gasteiger partial charge in [0.1, 0.15) is 6.17 Å². The predicted octanol–water partition coefficient (Wildman–Crippen LogP) is 2.23. The second-order valence-electron chi connectivity index (χ2n) is 10.9. The van der Waals surface area contributed by atoms with Gasteiger partial charge in [-0.25, -0.2) is 8.42 Å². The molecule has 0 radical (unpaired) electrons. The lowest BCUT2D eigenvalue weighted by Gasteiger charge is -2.35. The number of carboxylic acid groups (broad SMARTS) is 1. The van der Waals surface area contributed by atoms with Crippen molar-refractivity contribution in [2.45, 2.75) is 55.6 Å². The summed E-state index contributed by atoms with van der Waals surface area (Å²) in [6.45, 7) is 3.83. The number of aliphatic carboxylic acids is 1. The van der Waals surface area contributed by atoms with Crippen LogP contribution in [0.4, 0.5) is 5.69 Å². The Morgan fingerprint density at radius 3 is 2.37 bits per heavy atom. The molecule has 5 rings (SSSR count). The fourth-order valence-corrected chi connectivity index (χ4v) is 6.46. The lowest BCUT2D eigenvalue weighted by atomic mass is 10.0. The van der Waals surface area contributed by atoms with Gasteiger partial charge in [0.2, 0.25) is 10.0 Å². The van der Waals surface area contributed by atoms with Gasteiger partial charge in [0.15, 0.2) is 5.96 Å². The standard InChI is InChI=1S/C29H38N6O5S/c36-27(37)19-26(33-41(39,40)25-5-2-1-3-6-25)35(20-21-7-8-21)28(38)22-9-11-24(12-10-22)34-17-13-23(14-18-34)32-29-30-15-4-16-31-29/h1-3,5-6,9-12,21,23,26,33H,4,7-8,13-20H2,(H,36,37)(H2,30,31,32). The van der Waals surface area contributed by atoms with Crippen LogP contribution >= 0.6 is 0 Å². The number of guanidine groups is 1. The molecule has 1 amide bonds. The molecule has 2 heterocycles. The van der Waals surface area contributed by atoms with Crippen LogP contribution in [0.25, 0.3) is 0 Å². The molecule has 0 spiro atoms. The molecule has 0 bridgehead atoms. The van der Waals surface area contributed by atoms with Gasteiger partial charge in [0, 0.05) is 50.0 Å². The van der Waals surface area contributed by atoms with Crippen molar-refractivity contribution in [1.29, 1.82) is 0 Å². The average molecular weight is 583 g/mol. The molecule has 11 nitrogen and oxygen atoms in total. The van der Waals surface area contributed by atoms with E-state index >= 15 is 0 Å². The Morgan fingerprint density at radius 1 is 1.05 bits per heavy atom. The van der Waals surface area contributed by atoms with Gasteiger partial charge in [0.25, 0.3) is 5.91 Å². The number of aliphatic imine (C=N–C) groups is 1. The van der Waals surface area contributed by atoms with E-state index in [-0.39, 0.29) is 17.4 Å². The first-order chi connectivity index (χ1) is 19.8. The van der Waals surface area contributed by atoms with Gasteiger partial charge in [-0.15, -0.1) is 0 Å². The molecule has 41 heavy (non-hydrogen) atoms. The van der Waals surface area contributed by atoms with Crippen LogP contribution in [-0.4, -0.2) is 81.2 Å². The minimum Gasteiger partial charge on any atom is -0.481 e. The minimum absolute atomic E-state index is 0.0144. The van der Waals surface area contributed by atoms with E-state index < -0.39 is 34.5 Å². The molecule has 2 aromatic rings. The van der Waals surface area contributed by atoms with E-state index in [9.17, 15) is 23.1 Å². The Bertz CT molecular complexity index is 1340. The summed E-state index contributed by atoms with van der Waals surface area (Å²) < 4.78 is 28.7. The number of nitrogens with one attached hydrogen (secondary N) is 3. The molecule has 2 aliphatic heterocycles. The number of carbonyl (C=O) groups excluding carboxylic acids is 1.